The number of ether oxygens (including phenoxy) is 1. The number of aryl methyl sites for hydroxylation is 1. The van der Waals surface area contributed by atoms with Gasteiger partial charge in [0, 0.05) is 25.3 Å². The lowest BCUT2D eigenvalue weighted by molar-refractivity contribution is 0.0365. The largest absolute Gasteiger partial charge is 0.463 e. The Morgan fingerprint density at radius 2 is 1.89 bits per heavy atom. The molecule has 1 saturated heterocycles. The fourth-order valence-corrected chi connectivity index (χ4v) is 5.43. The average Bonchev–Trinajstić information content (AvgIpc) is 2.89. The van der Waals surface area contributed by atoms with Gasteiger partial charge in [-0.25, -0.2) is 12.8 Å². The third-order valence-corrected chi connectivity index (χ3v) is 7.22. The normalized spacial score (nSPS) is 22.1. The Labute approximate surface area is 162 Å². The minimum Gasteiger partial charge on any atom is -0.463 e. The lowest BCUT2D eigenvalue weighted by Crippen LogP contribution is -2.58. The van der Waals surface area contributed by atoms with Crippen molar-refractivity contribution in [1.82, 2.24) is 14.2 Å². The lowest BCUT2D eigenvalue weighted by atomic mass is 9.95. The maximum absolute atomic E-state index is 13.1. The van der Waals surface area contributed by atoms with Gasteiger partial charge in [-0.2, -0.15) is 4.31 Å². The Balaban J connectivity index is 1.67. The summed E-state index contributed by atoms with van der Waals surface area (Å²) in [6, 6.07) is 9.17. The zero-order valence-electron chi connectivity index (χ0n) is 15.6. The molecule has 2 aliphatic rings. The van der Waals surface area contributed by atoms with Gasteiger partial charge in [0.05, 0.1) is 21.7 Å². The van der Waals surface area contributed by atoms with Crippen LogP contribution in [0.15, 0.2) is 41.3 Å². The van der Waals surface area contributed by atoms with Gasteiger partial charge in [-0.3, -0.25) is 9.78 Å². The Morgan fingerprint density at radius 3 is 2.57 bits per heavy atom. The summed E-state index contributed by atoms with van der Waals surface area (Å²) < 4.78 is 44.6. The molecular weight excluding hydrogens is 385 g/mol. The zero-order chi connectivity index (χ0) is 20.1. The second-order valence-corrected chi connectivity index (χ2v) is 9.08. The zero-order valence-corrected chi connectivity index (χ0v) is 16.4. The smallest absolute Gasteiger partial charge is 0.256 e. The molecule has 9 heteroatoms. The van der Waals surface area contributed by atoms with Gasteiger partial charge < -0.3 is 9.64 Å². The number of hydrogen-bond donors (Lipinski definition) is 0. The van der Waals surface area contributed by atoms with E-state index in [9.17, 15) is 17.6 Å². The number of amides is 1. The van der Waals surface area contributed by atoms with E-state index < -0.39 is 22.4 Å². The minimum absolute atomic E-state index is 0.0949. The van der Waals surface area contributed by atoms with E-state index in [2.05, 4.69) is 4.98 Å². The Bertz CT molecular complexity index is 1040. The molecule has 2 aliphatic heterocycles. The summed E-state index contributed by atoms with van der Waals surface area (Å²) in [7, 11) is -3.78. The SMILES string of the molecule is Cc1ccc2c(n1)C1(C)CN(S(=O)(=O)c3ccc(OCF)cc3)CCN1C2=O. The predicted molar refractivity (Wildman–Crippen MR) is 99.2 cm³/mol. The van der Waals surface area contributed by atoms with Crippen LogP contribution in [-0.2, 0) is 15.6 Å². The fraction of sp³-hybridized carbons (Fsp3) is 0.368. The minimum atomic E-state index is -3.78. The molecule has 1 fully saturated rings. The van der Waals surface area contributed by atoms with Gasteiger partial charge in [-0.15, -0.1) is 0 Å². The van der Waals surface area contributed by atoms with Crippen LogP contribution in [0.4, 0.5) is 4.39 Å². The van der Waals surface area contributed by atoms with Crippen LogP contribution in [-0.4, -0.2) is 55.0 Å². The van der Waals surface area contributed by atoms with Crippen molar-refractivity contribution in [2.75, 3.05) is 26.5 Å². The molecule has 0 N–H and O–H groups in total. The molecule has 1 amide bonds. The number of benzene rings is 1. The van der Waals surface area contributed by atoms with E-state index in [4.69, 9.17) is 4.74 Å². The molecule has 0 bridgehead atoms. The van der Waals surface area contributed by atoms with Crippen molar-refractivity contribution >= 4 is 15.9 Å². The van der Waals surface area contributed by atoms with E-state index in [1.54, 1.807) is 17.0 Å². The number of alkyl halides is 1. The van der Waals surface area contributed by atoms with Crippen LogP contribution in [0.3, 0.4) is 0 Å². The number of aromatic nitrogens is 1. The highest BCUT2D eigenvalue weighted by atomic mass is 32.2. The molecule has 0 aliphatic carbocycles. The van der Waals surface area contributed by atoms with Gasteiger partial charge in [0.1, 0.15) is 5.75 Å². The molecule has 4 rings (SSSR count). The number of piperazine rings is 1. The number of sulfonamides is 1. The van der Waals surface area contributed by atoms with Gasteiger partial charge in [-0.1, -0.05) is 0 Å². The number of nitrogens with zero attached hydrogens (tertiary/aromatic N) is 3. The van der Waals surface area contributed by atoms with Crippen LogP contribution in [0.5, 0.6) is 5.75 Å². The van der Waals surface area contributed by atoms with E-state index in [-0.39, 0.29) is 36.2 Å². The Morgan fingerprint density at radius 1 is 1.18 bits per heavy atom. The summed E-state index contributed by atoms with van der Waals surface area (Å²) in [6.45, 7) is 3.31. The monoisotopic (exact) mass is 405 g/mol. The molecular formula is C19H20FN3O4S. The highest BCUT2D eigenvalue weighted by Gasteiger charge is 2.52. The standard InChI is InChI=1S/C19H20FN3O4S/c1-13-3-8-16-17(21-13)19(2)11-22(9-10-23(19)18(16)24)28(25,26)15-6-4-14(5-7-15)27-12-20/h3-8H,9-12H2,1-2H3. The summed E-state index contributed by atoms with van der Waals surface area (Å²) >= 11 is 0. The summed E-state index contributed by atoms with van der Waals surface area (Å²) in [5.74, 6) is 0.142. The van der Waals surface area contributed by atoms with E-state index in [0.29, 0.717) is 11.3 Å². The molecule has 148 valence electrons. The van der Waals surface area contributed by atoms with Crippen LogP contribution in [0, 0.1) is 6.92 Å². The third-order valence-electron chi connectivity index (χ3n) is 5.36. The van der Waals surface area contributed by atoms with E-state index in [1.165, 1.54) is 28.6 Å². The van der Waals surface area contributed by atoms with Gasteiger partial charge in [0.15, 0.2) is 0 Å². The molecule has 7 nitrogen and oxygen atoms in total. The quantitative estimate of drug-likeness (QED) is 0.778. The summed E-state index contributed by atoms with van der Waals surface area (Å²) in [5, 5.41) is 0. The van der Waals surface area contributed by atoms with Crippen LogP contribution in [0.25, 0.3) is 0 Å². The number of hydrogen-bond acceptors (Lipinski definition) is 5. The average molecular weight is 405 g/mol. The van der Waals surface area contributed by atoms with Crippen molar-refractivity contribution < 1.29 is 22.3 Å². The first-order chi connectivity index (χ1) is 13.3. The van der Waals surface area contributed by atoms with E-state index >= 15 is 0 Å². The highest BCUT2D eigenvalue weighted by Crippen LogP contribution is 2.41. The fourth-order valence-electron chi connectivity index (χ4n) is 3.90. The van der Waals surface area contributed by atoms with Crippen molar-refractivity contribution in [3.63, 3.8) is 0 Å². The summed E-state index contributed by atoms with van der Waals surface area (Å²) in [5.41, 5.74) is 1.10. The van der Waals surface area contributed by atoms with Crippen molar-refractivity contribution in [2.24, 2.45) is 0 Å². The van der Waals surface area contributed by atoms with Gasteiger partial charge in [0.2, 0.25) is 16.9 Å². The molecule has 3 heterocycles. The molecule has 0 saturated carbocycles. The van der Waals surface area contributed by atoms with E-state index in [1.807, 2.05) is 13.8 Å². The van der Waals surface area contributed by atoms with Crippen molar-refractivity contribution in [1.29, 1.82) is 0 Å². The number of fused-ring (bicyclic) bond motifs is 3. The number of carbonyl (C=O) groups is 1. The van der Waals surface area contributed by atoms with Crippen LogP contribution >= 0.6 is 0 Å². The number of rotatable bonds is 4. The molecule has 1 aromatic carbocycles. The molecule has 28 heavy (non-hydrogen) atoms. The van der Waals surface area contributed by atoms with E-state index in [0.717, 1.165) is 5.69 Å². The van der Waals surface area contributed by atoms with Crippen molar-refractivity contribution in [3.8, 4) is 5.75 Å². The first-order valence-corrected chi connectivity index (χ1v) is 10.3. The topological polar surface area (TPSA) is 79.8 Å². The molecule has 2 aromatic rings. The van der Waals surface area contributed by atoms with Crippen molar-refractivity contribution in [3.05, 3.63) is 53.3 Å². The summed E-state index contributed by atoms with van der Waals surface area (Å²) in [6.07, 6.45) is 0. The summed E-state index contributed by atoms with van der Waals surface area (Å²) in [4.78, 5) is 19.1. The molecule has 1 aromatic heterocycles. The number of halogens is 1. The first kappa shape index (κ1) is 18.8. The highest BCUT2D eigenvalue weighted by molar-refractivity contribution is 7.89. The molecule has 1 unspecified atom stereocenters. The Hall–Kier alpha value is -2.52. The molecule has 0 radical (unpaired) electrons. The maximum atomic E-state index is 13.1. The lowest BCUT2D eigenvalue weighted by Gasteiger charge is -2.44. The second-order valence-electron chi connectivity index (χ2n) is 7.14. The van der Waals surface area contributed by atoms with Gasteiger partial charge in [-0.05, 0) is 50.2 Å². The van der Waals surface area contributed by atoms with Crippen molar-refractivity contribution in [2.45, 2.75) is 24.3 Å². The first-order valence-electron chi connectivity index (χ1n) is 8.86. The predicted octanol–water partition coefficient (Wildman–Crippen LogP) is 2.07. The Kier molecular flexibility index (Phi) is 4.39. The molecule has 1 atom stereocenters. The van der Waals surface area contributed by atoms with Gasteiger partial charge in [0.25, 0.3) is 5.91 Å². The third kappa shape index (κ3) is 2.77. The number of pyridine rings is 1. The van der Waals surface area contributed by atoms with Gasteiger partial charge >= 0.3 is 0 Å². The maximum Gasteiger partial charge on any atom is 0.256 e. The van der Waals surface area contributed by atoms with Crippen LogP contribution in [0.2, 0.25) is 0 Å². The van der Waals surface area contributed by atoms with Crippen LogP contribution < -0.4 is 4.74 Å². The van der Waals surface area contributed by atoms with Crippen LogP contribution in [0.1, 0.15) is 28.7 Å². The number of carbonyl (C=O) groups excluding carboxylic acids is 1. The second kappa shape index (κ2) is 6.52. The molecule has 0 spiro atoms.